The molecule has 3 heteroatoms. The highest BCUT2D eigenvalue weighted by Gasteiger charge is 2.61. The number of ether oxygens (including phenoxy) is 2. The van der Waals surface area contributed by atoms with Crippen molar-refractivity contribution in [3.05, 3.63) is 34.4 Å². The highest BCUT2D eigenvalue weighted by atomic mass is 16.5. The fourth-order valence-electron chi connectivity index (χ4n) is 3.89. The third-order valence-corrected chi connectivity index (χ3v) is 5.02. The second kappa shape index (κ2) is 4.30. The molecule has 1 aromatic carbocycles. The largest absolute Gasteiger partial charge is 0.380 e. The summed E-state index contributed by atoms with van der Waals surface area (Å²) < 4.78 is 11.1. The minimum absolute atomic E-state index is 0.0574. The average Bonchev–Trinajstić information content (AvgIpc) is 2.22. The van der Waals surface area contributed by atoms with Crippen LogP contribution < -0.4 is 5.73 Å². The molecule has 0 atom stereocenters. The van der Waals surface area contributed by atoms with E-state index in [1.807, 2.05) is 0 Å². The Labute approximate surface area is 115 Å². The molecule has 2 aliphatic rings. The number of nitrogens with two attached hydrogens (primary N) is 1. The van der Waals surface area contributed by atoms with Crippen molar-refractivity contribution >= 4 is 0 Å². The first-order valence-electron chi connectivity index (χ1n) is 6.99. The summed E-state index contributed by atoms with van der Waals surface area (Å²) in [4.78, 5) is 0. The predicted octanol–water partition coefficient (Wildman–Crippen LogP) is 1.86. The van der Waals surface area contributed by atoms with Crippen LogP contribution in [0, 0.1) is 26.2 Å². The summed E-state index contributed by atoms with van der Waals surface area (Å²) in [7, 11) is 0. The normalized spacial score (nSPS) is 23.6. The molecule has 2 fully saturated rings. The maximum Gasteiger partial charge on any atom is 0.0593 e. The summed E-state index contributed by atoms with van der Waals surface area (Å²) in [6.07, 6.45) is 0. The molecule has 0 aliphatic carbocycles. The van der Waals surface area contributed by atoms with Gasteiger partial charge in [0.2, 0.25) is 0 Å². The van der Waals surface area contributed by atoms with Gasteiger partial charge in [-0.2, -0.15) is 0 Å². The number of rotatable bonds is 3. The van der Waals surface area contributed by atoms with Crippen LogP contribution in [0.25, 0.3) is 0 Å². The predicted molar refractivity (Wildman–Crippen MR) is 75.5 cm³/mol. The van der Waals surface area contributed by atoms with E-state index in [2.05, 4.69) is 32.9 Å². The van der Waals surface area contributed by atoms with E-state index in [0.717, 1.165) is 26.4 Å². The standard InChI is InChI=1S/C16H23NO2/c1-11-4-12(2)14(13(3)5-11)16(9-19-10-16)15(6-17)7-18-8-15/h4-5H,6-10,17H2,1-3H3. The van der Waals surface area contributed by atoms with E-state index < -0.39 is 0 Å². The molecule has 19 heavy (non-hydrogen) atoms. The van der Waals surface area contributed by atoms with Gasteiger partial charge in [0.15, 0.2) is 0 Å². The summed E-state index contributed by atoms with van der Waals surface area (Å²) >= 11 is 0. The zero-order valence-electron chi connectivity index (χ0n) is 12.1. The van der Waals surface area contributed by atoms with Gasteiger partial charge in [-0.05, 0) is 37.5 Å². The van der Waals surface area contributed by atoms with Gasteiger partial charge in [0.05, 0.1) is 31.8 Å². The number of hydrogen-bond acceptors (Lipinski definition) is 3. The van der Waals surface area contributed by atoms with Gasteiger partial charge < -0.3 is 15.2 Å². The zero-order chi connectivity index (χ0) is 13.7. The Morgan fingerprint density at radius 2 is 1.53 bits per heavy atom. The van der Waals surface area contributed by atoms with Gasteiger partial charge >= 0.3 is 0 Å². The average molecular weight is 261 g/mol. The second-order valence-corrected chi connectivity index (χ2v) is 6.33. The van der Waals surface area contributed by atoms with Crippen molar-refractivity contribution < 1.29 is 9.47 Å². The molecule has 2 N–H and O–H groups in total. The topological polar surface area (TPSA) is 44.5 Å². The lowest BCUT2D eigenvalue weighted by atomic mass is 9.55. The van der Waals surface area contributed by atoms with Crippen LogP contribution in [0.1, 0.15) is 22.3 Å². The van der Waals surface area contributed by atoms with Crippen LogP contribution in [0.3, 0.4) is 0 Å². The van der Waals surface area contributed by atoms with Crippen LogP contribution in [0.4, 0.5) is 0 Å². The van der Waals surface area contributed by atoms with E-state index in [1.54, 1.807) is 0 Å². The summed E-state index contributed by atoms with van der Waals surface area (Å²) in [6.45, 7) is 10.3. The summed E-state index contributed by atoms with van der Waals surface area (Å²) in [5.41, 5.74) is 11.7. The molecule has 3 rings (SSSR count). The van der Waals surface area contributed by atoms with E-state index >= 15 is 0 Å². The molecule has 2 heterocycles. The van der Waals surface area contributed by atoms with Gasteiger partial charge in [-0.25, -0.2) is 0 Å². The van der Waals surface area contributed by atoms with E-state index in [0.29, 0.717) is 6.54 Å². The second-order valence-electron chi connectivity index (χ2n) is 6.33. The third kappa shape index (κ3) is 1.62. The van der Waals surface area contributed by atoms with Crippen LogP contribution in [0.15, 0.2) is 12.1 Å². The molecular weight excluding hydrogens is 238 g/mol. The lowest BCUT2D eigenvalue weighted by Crippen LogP contribution is -2.69. The van der Waals surface area contributed by atoms with Gasteiger partial charge in [-0.15, -0.1) is 0 Å². The SMILES string of the molecule is Cc1cc(C)c(C2(C3(CN)COC3)COC2)c(C)c1. The number of hydrogen-bond donors (Lipinski definition) is 1. The number of aryl methyl sites for hydroxylation is 3. The Hall–Kier alpha value is -0.900. The lowest BCUT2D eigenvalue weighted by molar-refractivity contribution is -0.224. The molecule has 0 radical (unpaired) electrons. The molecule has 0 amide bonds. The minimum Gasteiger partial charge on any atom is -0.380 e. The van der Waals surface area contributed by atoms with Gasteiger partial charge in [0.1, 0.15) is 0 Å². The molecule has 0 bridgehead atoms. The van der Waals surface area contributed by atoms with Crippen LogP contribution in [0.2, 0.25) is 0 Å². The highest BCUT2D eigenvalue weighted by molar-refractivity contribution is 5.46. The van der Waals surface area contributed by atoms with Crippen molar-refractivity contribution in [2.45, 2.75) is 26.2 Å². The smallest absolute Gasteiger partial charge is 0.0593 e. The van der Waals surface area contributed by atoms with Crippen molar-refractivity contribution in [2.24, 2.45) is 11.1 Å². The Morgan fingerprint density at radius 3 is 1.84 bits per heavy atom. The van der Waals surface area contributed by atoms with Crippen LogP contribution in [-0.4, -0.2) is 33.0 Å². The molecule has 2 aliphatic heterocycles. The van der Waals surface area contributed by atoms with E-state index in [4.69, 9.17) is 15.2 Å². The molecule has 104 valence electrons. The minimum atomic E-state index is 0.0574. The van der Waals surface area contributed by atoms with Gasteiger partial charge in [0.25, 0.3) is 0 Å². The summed E-state index contributed by atoms with van der Waals surface area (Å²) in [5.74, 6) is 0. The maximum absolute atomic E-state index is 6.10. The molecule has 3 nitrogen and oxygen atoms in total. The molecular formula is C16H23NO2. The monoisotopic (exact) mass is 261 g/mol. The molecule has 1 aromatic rings. The van der Waals surface area contributed by atoms with Gasteiger partial charge in [-0.3, -0.25) is 0 Å². The Kier molecular flexibility index (Phi) is 2.97. The Balaban J connectivity index is 2.13. The third-order valence-electron chi connectivity index (χ3n) is 5.02. The van der Waals surface area contributed by atoms with Crippen molar-refractivity contribution in [3.8, 4) is 0 Å². The van der Waals surface area contributed by atoms with Crippen molar-refractivity contribution in [3.63, 3.8) is 0 Å². The molecule has 0 saturated carbocycles. The first-order valence-corrected chi connectivity index (χ1v) is 6.99. The van der Waals surface area contributed by atoms with Crippen molar-refractivity contribution in [1.29, 1.82) is 0 Å². The van der Waals surface area contributed by atoms with Crippen LogP contribution in [0.5, 0.6) is 0 Å². The van der Waals surface area contributed by atoms with Gasteiger partial charge in [-0.1, -0.05) is 17.7 Å². The lowest BCUT2D eigenvalue weighted by Gasteiger charge is -2.60. The highest BCUT2D eigenvalue weighted by Crippen LogP contribution is 2.52. The quantitative estimate of drug-likeness (QED) is 0.903. The van der Waals surface area contributed by atoms with Crippen molar-refractivity contribution in [2.75, 3.05) is 33.0 Å². The van der Waals surface area contributed by atoms with Crippen molar-refractivity contribution in [1.82, 2.24) is 0 Å². The fourth-order valence-corrected chi connectivity index (χ4v) is 3.89. The Morgan fingerprint density at radius 1 is 1.00 bits per heavy atom. The number of benzene rings is 1. The molecule has 0 unspecified atom stereocenters. The van der Waals surface area contributed by atoms with Gasteiger partial charge in [0, 0.05) is 12.0 Å². The fraction of sp³-hybridized carbons (Fsp3) is 0.625. The van der Waals surface area contributed by atoms with Crippen LogP contribution >= 0.6 is 0 Å². The first kappa shape index (κ1) is 13.1. The molecule has 2 saturated heterocycles. The zero-order valence-corrected chi connectivity index (χ0v) is 12.1. The molecule has 0 aromatic heterocycles. The molecule has 0 spiro atoms. The summed E-state index contributed by atoms with van der Waals surface area (Å²) in [6, 6.07) is 4.54. The first-order chi connectivity index (χ1) is 9.05. The van der Waals surface area contributed by atoms with E-state index in [9.17, 15) is 0 Å². The summed E-state index contributed by atoms with van der Waals surface area (Å²) in [5, 5.41) is 0. The van der Waals surface area contributed by atoms with E-state index in [1.165, 1.54) is 22.3 Å². The van der Waals surface area contributed by atoms with Crippen LogP contribution in [-0.2, 0) is 14.9 Å². The Bertz CT molecular complexity index is 473. The maximum atomic E-state index is 6.10. The van der Waals surface area contributed by atoms with E-state index in [-0.39, 0.29) is 10.8 Å².